The molecule has 0 aliphatic heterocycles. The van der Waals surface area contributed by atoms with Gasteiger partial charge in [-0.2, -0.15) is 0 Å². The number of fused-ring (bicyclic) bond motifs is 7. The Labute approximate surface area is 103 Å². The standard InChI is InChI=1S/C17H20/c1-2-9-4-12-13(5-11(9)10-3-8(1)10)15-7-17(15)16-6-14(12)16/h8,10,14-17H,1-7H2. The van der Waals surface area contributed by atoms with Crippen LogP contribution in [0.4, 0.5) is 0 Å². The molecule has 17 heavy (non-hydrogen) atoms. The summed E-state index contributed by atoms with van der Waals surface area (Å²) in [6.45, 7) is 0. The Morgan fingerprint density at radius 2 is 1.47 bits per heavy atom. The lowest BCUT2D eigenvalue weighted by Gasteiger charge is -2.31. The lowest BCUT2D eigenvalue weighted by atomic mass is 9.74. The van der Waals surface area contributed by atoms with E-state index in [2.05, 4.69) is 0 Å². The molecule has 0 amide bonds. The van der Waals surface area contributed by atoms with Gasteiger partial charge in [-0.15, -0.1) is 0 Å². The minimum Gasteiger partial charge on any atom is -0.0663 e. The molecule has 6 aliphatic rings. The molecule has 6 unspecified atom stereocenters. The van der Waals surface area contributed by atoms with Gasteiger partial charge in [0.05, 0.1) is 0 Å². The van der Waals surface area contributed by atoms with E-state index in [0.29, 0.717) is 0 Å². The van der Waals surface area contributed by atoms with Crippen LogP contribution >= 0.6 is 0 Å². The maximum absolute atomic E-state index is 1.99. The molecule has 6 aliphatic carbocycles. The SMILES string of the molecule is C1CC2CC2C2=C1CC1=C(C2)C2CC2C2CC12. The number of hydrogen-bond donors (Lipinski definition) is 0. The van der Waals surface area contributed by atoms with Crippen molar-refractivity contribution in [3.63, 3.8) is 0 Å². The van der Waals surface area contributed by atoms with Crippen LogP contribution in [-0.2, 0) is 0 Å². The Hall–Kier alpha value is -0.520. The van der Waals surface area contributed by atoms with Gasteiger partial charge < -0.3 is 0 Å². The number of rotatable bonds is 0. The molecule has 88 valence electrons. The van der Waals surface area contributed by atoms with Crippen LogP contribution in [0.1, 0.15) is 44.9 Å². The van der Waals surface area contributed by atoms with Crippen molar-refractivity contribution in [1.29, 1.82) is 0 Å². The predicted molar refractivity (Wildman–Crippen MR) is 67.3 cm³/mol. The van der Waals surface area contributed by atoms with Gasteiger partial charge >= 0.3 is 0 Å². The number of hydrogen-bond acceptors (Lipinski definition) is 0. The van der Waals surface area contributed by atoms with E-state index < -0.39 is 0 Å². The predicted octanol–water partition coefficient (Wildman–Crippen LogP) is 4.09. The molecule has 6 atom stereocenters. The normalized spacial score (nSPS) is 56.5. The first-order valence-electron chi connectivity index (χ1n) is 7.82. The average molecular weight is 224 g/mol. The van der Waals surface area contributed by atoms with E-state index >= 15 is 0 Å². The molecule has 0 N–H and O–H groups in total. The van der Waals surface area contributed by atoms with E-state index in [1.807, 2.05) is 22.3 Å². The molecule has 3 saturated carbocycles. The van der Waals surface area contributed by atoms with Crippen molar-refractivity contribution in [2.75, 3.05) is 0 Å². The molecule has 0 saturated heterocycles. The van der Waals surface area contributed by atoms with E-state index in [4.69, 9.17) is 0 Å². The van der Waals surface area contributed by atoms with Gasteiger partial charge in [0.1, 0.15) is 0 Å². The first-order valence-corrected chi connectivity index (χ1v) is 7.82. The van der Waals surface area contributed by atoms with Crippen molar-refractivity contribution < 1.29 is 0 Å². The van der Waals surface area contributed by atoms with Crippen molar-refractivity contribution in [3.05, 3.63) is 22.3 Å². The Kier molecular flexibility index (Phi) is 1.23. The highest BCUT2D eigenvalue weighted by atomic mass is 14.7. The van der Waals surface area contributed by atoms with Crippen molar-refractivity contribution in [2.45, 2.75) is 44.9 Å². The summed E-state index contributed by atoms with van der Waals surface area (Å²) in [7, 11) is 0. The van der Waals surface area contributed by atoms with Crippen molar-refractivity contribution in [1.82, 2.24) is 0 Å². The molecule has 0 nitrogen and oxygen atoms in total. The van der Waals surface area contributed by atoms with Gasteiger partial charge in [-0.1, -0.05) is 22.3 Å². The molecule has 0 spiro atoms. The van der Waals surface area contributed by atoms with Gasteiger partial charge in [0.15, 0.2) is 0 Å². The van der Waals surface area contributed by atoms with Crippen LogP contribution in [0.15, 0.2) is 22.3 Å². The monoisotopic (exact) mass is 224 g/mol. The second-order valence-corrected chi connectivity index (χ2v) is 7.69. The summed E-state index contributed by atoms with van der Waals surface area (Å²) in [6.07, 6.45) is 10.6. The minimum absolute atomic E-state index is 1.07. The maximum Gasteiger partial charge on any atom is -0.00970 e. The molecular weight excluding hydrogens is 204 g/mol. The minimum atomic E-state index is 1.07. The first kappa shape index (κ1) is 8.56. The molecule has 0 heteroatoms. The third-order valence-electron chi connectivity index (χ3n) is 6.96. The Bertz CT molecular complexity index is 506. The van der Waals surface area contributed by atoms with E-state index in [-0.39, 0.29) is 0 Å². The average Bonchev–Trinajstić information content (AvgIpc) is 3.25. The van der Waals surface area contributed by atoms with Crippen molar-refractivity contribution in [3.8, 4) is 0 Å². The summed E-state index contributed by atoms with van der Waals surface area (Å²) in [5.41, 5.74) is 7.85. The topological polar surface area (TPSA) is 0 Å². The highest BCUT2D eigenvalue weighted by Gasteiger charge is 2.61. The van der Waals surface area contributed by atoms with E-state index in [1.54, 1.807) is 19.3 Å². The molecule has 6 rings (SSSR count). The van der Waals surface area contributed by atoms with E-state index in [0.717, 1.165) is 29.6 Å². The fourth-order valence-corrected chi connectivity index (χ4v) is 5.81. The smallest absolute Gasteiger partial charge is 0.00970 e. The lowest BCUT2D eigenvalue weighted by Crippen LogP contribution is -2.16. The molecule has 0 radical (unpaired) electrons. The van der Waals surface area contributed by atoms with Gasteiger partial charge in [0.25, 0.3) is 0 Å². The zero-order chi connectivity index (χ0) is 10.7. The highest BCUT2D eigenvalue weighted by molar-refractivity contribution is 5.47. The van der Waals surface area contributed by atoms with Gasteiger partial charge in [-0.3, -0.25) is 0 Å². The Balaban J connectivity index is 1.45. The van der Waals surface area contributed by atoms with Crippen LogP contribution in [0.3, 0.4) is 0 Å². The summed E-state index contributed by atoms with van der Waals surface area (Å²) in [6, 6.07) is 0. The van der Waals surface area contributed by atoms with Crippen LogP contribution in [0.2, 0.25) is 0 Å². The quantitative estimate of drug-likeness (QED) is 0.544. The van der Waals surface area contributed by atoms with Gasteiger partial charge in [-0.25, -0.2) is 0 Å². The van der Waals surface area contributed by atoms with Gasteiger partial charge in [0.2, 0.25) is 0 Å². The summed E-state index contributed by atoms with van der Waals surface area (Å²) < 4.78 is 0. The Morgan fingerprint density at radius 3 is 2.29 bits per heavy atom. The fourth-order valence-electron chi connectivity index (χ4n) is 5.81. The van der Waals surface area contributed by atoms with Gasteiger partial charge in [0, 0.05) is 0 Å². The van der Waals surface area contributed by atoms with Crippen LogP contribution in [0.5, 0.6) is 0 Å². The highest BCUT2D eigenvalue weighted by Crippen LogP contribution is 2.71. The fraction of sp³-hybridized carbons (Fsp3) is 0.765. The summed E-state index contributed by atoms with van der Waals surface area (Å²) >= 11 is 0. The second kappa shape index (κ2) is 2.44. The summed E-state index contributed by atoms with van der Waals surface area (Å²) in [4.78, 5) is 0. The zero-order valence-electron chi connectivity index (χ0n) is 10.4. The third-order valence-corrected chi connectivity index (χ3v) is 6.96. The van der Waals surface area contributed by atoms with Crippen molar-refractivity contribution >= 4 is 0 Å². The summed E-state index contributed by atoms with van der Waals surface area (Å²) in [5, 5.41) is 0. The zero-order valence-corrected chi connectivity index (χ0v) is 10.4. The molecule has 0 aromatic heterocycles. The maximum atomic E-state index is 1.99. The third kappa shape index (κ3) is 0.948. The Morgan fingerprint density at radius 1 is 0.706 bits per heavy atom. The molecule has 0 bridgehead atoms. The number of allylic oxidation sites excluding steroid dienone is 4. The van der Waals surface area contributed by atoms with E-state index in [9.17, 15) is 0 Å². The van der Waals surface area contributed by atoms with Crippen LogP contribution in [0.25, 0.3) is 0 Å². The largest absolute Gasteiger partial charge is 0.0663 e. The lowest BCUT2D eigenvalue weighted by molar-refractivity contribution is 0.539. The van der Waals surface area contributed by atoms with Crippen LogP contribution < -0.4 is 0 Å². The molecule has 3 fully saturated rings. The molecular formula is C17H20. The molecule has 0 heterocycles. The van der Waals surface area contributed by atoms with Crippen molar-refractivity contribution in [2.24, 2.45) is 35.5 Å². The summed E-state index contributed by atoms with van der Waals surface area (Å²) in [5.74, 6) is 6.70. The molecule has 0 aromatic rings. The van der Waals surface area contributed by atoms with Gasteiger partial charge in [-0.05, 0) is 80.5 Å². The van der Waals surface area contributed by atoms with E-state index in [1.165, 1.54) is 31.6 Å². The van der Waals surface area contributed by atoms with Crippen LogP contribution in [0, 0.1) is 35.5 Å². The first-order chi connectivity index (χ1) is 8.40. The van der Waals surface area contributed by atoms with Crippen LogP contribution in [-0.4, -0.2) is 0 Å². The second-order valence-electron chi connectivity index (χ2n) is 7.69. The molecule has 0 aromatic carbocycles.